The number of hydrogen-bond donors (Lipinski definition) is 2. The first-order valence-electron chi connectivity index (χ1n) is 8.49. The summed E-state index contributed by atoms with van der Waals surface area (Å²) in [4.78, 5) is 12.8. The first kappa shape index (κ1) is 18.0. The average Bonchev–Trinajstić information content (AvgIpc) is 3.11. The number of aromatic nitrogens is 3. The van der Waals surface area contributed by atoms with Gasteiger partial charge in [0.1, 0.15) is 12.1 Å². The minimum absolute atomic E-state index is 0.403. The lowest BCUT2D eigenvalue weighted by atomic mass is 10.0. The zero-order chi connectivity index (χ0) is 17.4. The minimum Gasteiger partial charge on any atom is -0.354 e. The number of imidazole rings is 1. The number of rotatable bonds is 7. The normalized spacial score (nSPS) is 13.1. The highest BCUT2D eigenvalue weighted by Gasteiger charge is 2.06. The van der Waals surface area contributed by atoms with Crippen molar-refractivity contribution in [1.82, 2.24) is 25.2 Å². The average molecular weight is 328 g/mol. The van der Waals surface area contributed by atoms with E-state index in [1.807, 2.05) is 23.0 Å². The van der Waals surface area contributed by atoms with Gasteiger partial charge in [-0.15, -0.1) is 0 Å². The van der Waals surface area contributed by atoms with Gasteiger partial charge < -0.3 is 10.6 Å². The maximum absolute atomic E-state index is 4.46. The highest BCUT2D eigenvalue weighted by Crippen LogP contribution is 2.07. The van der Waals surface area contributed by atoms with Crippen molar-refractivity contribution >= 4 is 5.96 Å². The fourth-order valence-corrected chi connectivity index (χ4v) is 2.34. The minimum atomic E-state index is 0.403. The number of guanidine groups is 1. The largest absolute Gasteiger partial charge is 0.354 e. The molecule has 0 aliphatic heterocycles. The number of nitrogens with one attached hydrogen (secondary N) is 2. The molecule has 24 heavy (non-hydrogen) atoms. The number of aliphatic imine (C=N–C) groups is 1. The SMILES string of the molecule is CN=C(NCc1ccc(-n2ccnc2)nc1)NC(C)CCC(C)C. The zero-order valence-electron chi connectivity index (χ0n) is 15.0. The maximum Gasteiger partial charge on any atom is 0.191 e. The zero-order valence-corrected chi connectivity index (χ0v) is 15.0. The molecule has 130 valence electrons. The molecule has 2 aromatic rings. The van der Waals surface area contributed by atoms with Crippen LogP contribution in [0.25, 0.3) is 5.82 Å². The molecular formula is C18H28N6. The van der Waals surface area contributed by atoms with E-state index in [0.29, 0.717) is 12.6 Å². The summed E-state index contributed by atoms with van der Waals surface area (Å²) < 4.78 is 1.88. The van der Waals surface area contributed by atoms with Gasteiger partial charge in [-0.05, 0) is 37.3 Å². The first-order valence-corrected chi connectivity index (χ1v) is 8.49. The molecular weight excluding hydrogens is 300 g/mol. The monoisotopic (exact) mass is 328 g/mol. The summed E-state index contributed by atoms with van der Waals surface area (Å²) in [6.45, 7) is 7.38. The van der Waals surface area contributed by atoms with E-state index in [1.165, 1.54) is 6.42 Å². The van der Waals surface area contributed by atoms with Gasteiger partial charge in [0.05, 0.1) is 0 Å². The van der Waals surface area contributed by atoms with Crippen LogP contribution in [0.3, 0.4) is 0 Å². The summed E-state index contributed by atoms with van der Waals surface area (Å²) in [5.74, 6) is 2.41. The molecule has 6 heteroatoms. The number of hydrogen-bond acceptors (Lipinski definition) is 3. The van der Waals surface area contributed by atoms with Crippen LogP contribution in [-0.4, -0.2) is 33.6 Å². The van der Waals surface area contributed by atoms with Gasteiger partial charge in [-0.1, -0.05) is 19.9 Å². The van der Waals surface area contributed by atoms with Gasteiger partial charge in [0.15, 0.2) is 5.96 Å². The van der Waals surface area contributed by atoms with Crippen molar-refractivity contribution < 1.29 is 0 Å². The molecule has 0 amide bonds. The summed E-state index contributed by atoms with van der Waals surface area (Å²) in [5, 5.41) is 6.77. The summed E-state index contributed by atoms with van der Waals surface area (Å²) in [6.07, 6.45) is 9.59. The summed E-state index contributed by atoms with van der Waals surface area (Å²) in [6, 6.07) is 4.45. The van der Waals surface area contributed by atoms with Gasteiger partial charge in [-0.25, -0.2) is 9.97 Å². The van der Waals surface area contributed by atoms with Gasteiger partial charge in [0, 0.05) is 38.2 Å². The fourth-order valence-electron chi connectivity index (χ4n) is 2.34. The van der Waals surface area contributed by atoms with Crippen molar-refractivity contribution in [2.24, 2.45) is 10.9 Å². The standard InChI is InChI=1S/C18H28N6/c1-14(2)5-6-15(3)23-18(19-4)22-12-16-7-8-17(21-11-16)24-10-9-20-13-24/h7-11,13-15H,5-6,12H2,1-4H3,(H2,19,22,23). The summed E-state index contributed by atoms with van der Waals surface area (Å²) in [7, 11) is 1.80. The Morgan fingerprint density at radius 3 is 2.67 bits per heavy atom. The van der Waals surface area contributed by atoms with Crippen LogP contribution in [-0.2, 0) is 6.54 Å². The molecule has 2 rings (SSSR count). The molecule has 0 bridgehead atoms. The third-order valence-electron chi connectivity index (χ3n) is 3.82. The van der Waals surface area contributed by atoms with Crippen LogP contribution in [0.2, 0.25) is 0 Å². The van der Waals surface area contributed by atoms with Crippen molar-refractivity contribution in [3.63, 3.8) is 0 Å². The van der Waals surface area contributed by atoms with Crippen molar-refractivity contribution in [1.29, 1.82) is 0 Å². The molecule has 0 aliphatic rings. The molecule has 6 nitrogen and oxygen atoms in total. The third-order valence-corrected chi connectivity index (χ3v) is 3.82. The Labute approximate surface area is 144 Å². The fraction of sp³-hybridized carbons (Fsp3) is 0.500. The van der Waals surface area contributed by atoms with E-state index in [4.69, 9.17) is 0 Å². The molecule has 0 aliphatic carbocycles. The Hall–Kier alpha value is -2.37. The molecule has 2 heterocycles. The second-order valence-corrected chi connectivity index (χ2v) is 6.44. The summed E-state index contributed by atoms with van der Waals surface area (Å²) >= 11 is 0. The van der Waals surface area contributed by atoms with Crippen LogP contribution < -0.4 is 10.6 Å². The van der Waals surface area contributed by atoms with E-state index in [1.54, 1.807) is 19.6 Å². The smallest absolute Gasteiger partial charge is 0.191 e. The molecule has 0 saturated carbocycles. The topological polar surface area (TPSA) is 67.1 Å². The lowest BCUT2D eigenvalue weighted by molar-refractivity contribution is 0.489. The summed E-state index contributed by atoms with van der Waals surface area (Å²) in [5.41, 5.74) is 1.11. The van der Waals surface area contributed by atoms with Crippen molar-refractivity contribution in [3.05, 3.63) is 42.6 Å². The molecule has 2 aromatic heterocycles. The quantitative estimate of drug-likeness (QED) is 0.606. The first-order chi connectivity index (χ1) is 11.6. The van der Waals surface area contributed by atoms with E-state index in [2.05, 4.69) is 52.4 Å². The predicted octanol–water partition coefficient (Wildman–Crippen LogP) is 2.76. The molecule has 1 atom stereocenters. The molecule has 0 saturated heterocycles. The van der Waals surface area contributed by atoms with Crippen LogP contribution in [0, 0.1) is 5.92 Å². The van der Waals surface area contributed by atoms with Crippen molar-refractivity contribution in [2.75, 3.05) is 7.05 Å². The van der Waals surface area contributed by atoms with Crippen molar-refractivity contribution in [3.8, 4) is 5.82 Å². The third kappa shape index (κ3) is 5.68. The number of nitrogens with zero attached hydrogens (tertiary/aromatic N) is 4. The van der Waals surface area contributed by atoms with E-state index >= 15 is 0 Å². The molecule has 0 radical (unpaired) electrons. The Kier molecular flexibility index (Phi) is 6.78. The van der Waals surface area contributed by atoms with Crippen LogP contribution >= 0.6 is 0 Å². The van der Waals surface area contributed by atoms with E-state index in [-0.39, 0.29) is 0 Å². The van der Waals surface area contributed by atoms with Gasteiger partial charge in [0.2, 0.25) is 0 Å². The van der Waals surface area contributed by atoms with Gasteiger partial charge in [0.25, 0.3) is 0 Å². The lowest BCUT2D eigenvalue weighted by Gasteiger charge is -2.18. The van der Waals surface area contributed by atoms with Crippen molar-refractivity contribution in [2.45, 2.75) is 46.2 Å². The number of pyridine rings is 1. The Morgan fingerprint density at radius 2 is 2.08 bits per heavy atom. The Morgan fingerprint density at radius 1 is 1.25 bits per heavy atom. The van der Waals surface area contributed by atoms with E-state index < -0.39 is 0 Å². The molecule has 0 spiro atoms. The lowest BCUT2D eigenvalue weighted by Crippen LogP contribution is -2.41. The maximum atomic E-state index is 4.46. The second-order valence-electron chi connectivity index (χ2n) is 6.44. The van der Waals surface area contributed by atoms with Crippen LogP contribution in [0.15, 0.2) is 42.0 Å². The van der Waals surface area contributed by atoms with Gasteiger partial charge in [-0.3, -0.25) is 9.56 Å². The van der Waals surface area contributed by atoms with E-state index in [9.17, 15) is 0 Å². The molecule has 1 unspecified atom stereocenters. The molecule has 0 fully saturated rings. The van der Waals surface area contributed by atoms with Crippen LogP contribution in [0.5, 0.6) is 0 Å². The highest BCUT2D eigenvalue weighted by molar-refractivity contribution is 5.79. The van der Waals surface area contributed by atoms with Crippen LogP contribution in [0.4, 0.5) is 0 Å². The molecule has 0 aromatic carbocycles. The predicted molar refractivity (Wildman–Crippen MR) is 98.2 cm³/mol. The Balaban J connectivity index is 1.82. The van der Waals surface area contributed by atoms with Crippen LogP contribution in [0.1, 0.15) is 39.2 Å². The highest BCUT2D eigenvalue weighted by atomic mass is 15.2. The van der Waals surface area contributed by atoms with E-state index in [0.717, 1.165) is 29.7 Å². The van der Waals surface area contributed by atoms with Gasteiger partial charge in [-0.2, -0.15) is 0 Å². The van der Waals surface area contributed by atoms with Gasteiger partial charge >= 0.3 is 0 Å². The second kappa shape index (κ2) is 9.05. The molecule has 2 N–H and O–H groups in total. The Bertz CT molecular complexity index is 615.